The summed E-state index contributed by atoms with van der Waals surface area (Å²) >= 11 is 0. The van der Waals surface area contributed by atoms with Crippen LogP contribution in [0.15, 0.2) is 18.2 Å². The van der Waals surface area contributed by atoms with Gasteiger partial charge in [0.25, 0.3) is 0 Å². The van der Waals surface area contributed by atoms with E-state index in [-0.39, 0.29) is 17.6 Å². The molecule has 0 saturated carbocycles. The Morgan fingerprint density at radius 2 is 2.39 bits per heavy atom. The quantitative estimate of drug-likeness (QED) is 0.834. The van der Waals surface area contributed by atoms with Gasteiger partial charge in [0.05, 0.1) is 11.6 Å². The second-order valence-corrected chi connectivity index (χ2v) is 4.65. The Bertz CT molecular complexity index is 450. The summed E-state index contributed by atoms with van der Waals surface area (Å²) in [4.78, 5) is 13.0. The first-order chi connectivity index (χ1) is 8.61. The molecule has 1 heterocycles. The van der Waals surface area contributed by atoms with Gasteiger partial charge < -0.3 is 16.0 Å². The number of nitrogens with zero attached hydrogens (tertiary/aromatic N) is 1. The van der Waals surface area contributed by atoms with Gasteiger partial charge >= 0.3 is 0 Å². The fraction of sp³-hybridized carbons (Fsp3) is 0.462. The van der Waals surface area contributed by atoms with E-state index in [9.17, 15) is 9.18 Å². The molecule has 1 amide bonds. The Labute approximate surface area is 106 Å². The van der Waals surface area contributed by atoms with E-state index in [1.807, 2.05) is 18.0 Å². The molecule has 0 aromatic heterocycles. The number of benzene rings is 1. The highest BCUT2D eigenvalue weighted by Gasteiger charge is 2.27. The third-order valence-corrected chi connectivity index (χ3v) is 3.32. The summed E-state index contributed by atoms with van der Waals surface area (Å²) in [5, 5.41) is 2.98. The molecule has 5 heteroatoms. The van der Waals surface area contributed by atoms with Gasteiger partial charge in [-0.3, -0.25) is 4.79 Å². The first-order valence-electron chi connectivity index (χ1n) is 6.09. The van der Waals surface area contributed by atoms with Crippen LogP contribution in [0, 0.1) is 11.7 Å². The number of nitrogens with two attached hydrogens (primary N) is 1. The van der Waals surface area contributed by atoms with Crippen LogP contribution in [0.5, 0.6) is 0 Å². The van der Waals surface area contributed by atoms with Crippen molar-refractivity contribution in [1.29, 1.82) is 0 Å². The van der Waals surface area contributed by atoms with E-state index >= 15 is 0 Å². The molecule has 18 heavy (non-hydrogen) atoms. The van der Waals surface area contributed by atoms with Crippen LogP contribution < -0.4 is 16.0 Å². The minimum Gasteiger partial charge on any atom is -0.369 e. The van der Waals surface area contributed by atoms with Crippen LogP contribution >= 0.6 is 0 Å². The van der Waals surface area contributed by atoms with Crippen molar-refractivity contribution >= 4 is 11.6 Å². The number of hydrogen-bond donors (Lipinski definition) is 2. The SMILES string of the molecule is CNCc1ccc(N2CCC(C(N)=O)C2)c(F)c1. The second kappa shape index (κ2) is 5.35. The molecule has 4 nitrogen and oxygen atoms in total. The molecule has 98 valence electrons. The van der Waals surface area contributed by atoms with Crippen molar-refractivity contribution in [2.45, 2.75) is 13.0 Å². The van der Waals surface area contributed by atoms with Crippen molar-refractivity contribution in [1.82, 2.24) is 5.32 Å². The van der Waals surface area contributed by atoms with E-state index in [4.69, 9.17) is 5.73 Å². The topological polar surface area (TPSA) is 58.4 Å². The Hall–Kier alpha value is -1.62. The maximum absolute atomic E-state index is 14.0. The van der Waals surface area contributed by atoms with Gasteiger partial charge in [0.1, 0.15) is 5.82 Å². The van der Waals surface area contributed by atoms with Crippen molar-refractivity contribution in [3.63, 3.8) is 0 Å². The predicted octanol–water partition coefficient (Wildman–Crippen LogP) is 0.857. The van der Waals surface area contributed by atoms with E-state index in [0.29, 0.717) is 31.7 Å². The van der Waals surface area contributed by atoms with E-state index in [0.717, 1.165) is 5.56 Å². The fourth-order valence-electron chi connectivity index (χ4n) is 2.33. The number of carbonyl (C=O) groups excluding carboxylic acids is 1. The lowest BCUT2D eigenvalue weighted by atomic mass is 10.1. The fourth-order valence-corrected chi connectivity index (χ4v) is 2.33. The first kappa shape index (κ1) is 12.8. The van der Waals surface area contributed by atoms with Crippen molar-refractivity contribution in [2.75, 3.05) is 25.0 Å². The zero-order valence-electron chi connectivity index (χ0n) is 10.4. The number of nitrogens with one attached hydrogen (secondary N) is 1. The van der Waals surface area contributed by atoms with Gasteiger partial charge in [-0.1, -0.05) is 6.07 Å². The summed E-state index contributed by atoms with van der Waals surface area (Å²) in [5.74, 6) is -0.709. The summed E-state index contributed by atoms with van der Waals surface area (Å²) in [7, 11) is 1.82. The highest BCUT2D eigenvalue weighted by Crippen LogP contribution is 2.26. The van der Waals surface area contributed by atoms with Crippen LogP contribution in [0.3, 0.4) is 0 Å². The first-order valence-corrected chi connectivity index (χ1v) is 6.09. The molecular formula is C13H18FN3O. The number of carbonyl (C=O) groups is 1. The predicted molar refractivity (Wildman–Crippen MR) is 68.7 cm³/mol. The van der Waals surface area contributed by atoms with Crippen molar-refractivity contribution in [3.8, 4) is 0 Å². The van der Waals surface area contributed by atoms with Gasteiger partial charge in [-0.05, 0) is 31.2 Å². The molecule has 1 unspecified atom stereocenters. The summed E-state index contributed by atoms with van der Waals surface area (Å²) in [6.07, 6.45) is 0.701. The second-order valence-electron chi connectivity index (χ2n) is 4.65. The van der Waals surface area contributed by atoms with Crippen LogP contribution in [0.2, 0.25) is 0 Å². The average Bonchev–Trinajstić information content (AvgIpc) is 2.79. The number of anilines is 1. The average molecular weight is 251 g/mol. The molecule has 3 N–H and O–H groups in total. The van der Waals surface area contributed by atoms with Crippen LogP contribution in [0.4, 0.5) is 10.1 Å². The Kier molecular flexibility index (Phi) is 3.81. The van der Waals surface area contributed by atoms with E-state index < -0.39 is 0 Å². The Balaban J connectivity index is 2.12. The lowest BCUT2D eigenvalue weighted by Crippen LogP contribution is -2.27. The molecule has 1 aliphatic heterocycles. The molecule has 1 aliphatic rings. The molecule has 0 bridgehead atoms. The molecular weight excluding hydrogens is 233 g/mol. The number of amides is 1. The van der Waals surface area contributed by atoms with Crippen molar-refractivity contribution in [3.05, 3.63) is 29.6 Å². The molecule has 1 atom stereocenters. The van der Waals surface area contributed by atoms with Crippen molar-refractivity contribution < 1.29 is 9.18 Å². The molecule has 1 aromatic carbocycles. The summed E-state index contributed by atoms with van der Waals surface area (Å²) in [6.45, 7) is 1.83. The zero-order chi connectivity index (χ0) is 13.1. The number of hydrogen-bond acceptors (Lipinski definition) is 3. The van der Waals surface area contributed by atoms with Gasteiger partial charge in [0.2, 0.25) is 5.91 Å². The minimum atomic E-state index is -0.301. The number of primary amides is 1. The third-order valence-electron chi connectivity index (χ3n) is 3.32. The molecule has 2 rings (SSSR count). The van der Waals surface area contributed by atoms with Gasteiger partial charge in [0.15, 0.2) is 0 Å². The maximum atomic E-state index is 14.0. The van der Waals surface area contributed by atoms with Gasteiger partial charge in [-0.2, -0.15) is 0 Å². The zero-order valence-corrected chi connectivity index (χ0v) is 10.4. The van der Waals surface area contributed by atoms with Crippen LogP contribution in [-0.4, -0.2) is 26.0 Å². The molecule has 1 saturated heterocycles. The molecule has 0 spiro atoms. The van der Waals surface area contributed by atoms with Crippen molar-refractivity contribution in [2.24, 2.45) is 11.7 Å². The van der Waals surface area contributed by atoms with Crippen LogP contribution in [-0.2, 0) is 11.3 Å². The van der Waals surface area contributed by atoms with Gasteiger partial charge in [-0.25, -0.2) is 4.39 Å². The summed E-state index contributed by atoms with van der Waals surface area (Å²) in [5.41, 5.74) is 6.73. The Morgan fingerprint density at radius 1 is 1.61 bits per heavy atom. The monoisotopic (exact) mass is 251 g/mol. The standard InChI is InChI=1S/C13H18FN3O/c1-16-7-9-2-3-12(11(14)6-9)17-5-4-10(8-17)13(15)18/h2-3,6,10,16H,4-5,7-8H2,1H3,(H2,15,18). The Morgan fingerprint density at radius 3 is 2.94 bits per heavy atom. The van der Waals surface area contributed by atoms with Gasteiger partial charge in [0, 0.05) is 19.6 Å². The summed E-state index contributed by atoms with van der Waals surface area (Å²) in [6, 6.07) is 5.20. The number of rotatable bonds is 4. The van der Waals surface area contributed by atoms with Gasteiger partial charge in [-0.15, -0.1) is 0 Å². The molecule has 1 fully saturated rings. The maximum Gasteiger partial charge on any atom is 0.222 e. The van der Waals surface area contributed by atoms with E-state index in [2.05, 4.69) is 5.32 Å². The molecule has 0 radical (unpaired) electrons. The smallest absolute Gasteiger partial charge is 0.222 e. The van der Waals surface area contributed by atoms with Crippen LogP contribution in [0.25, 0.3) is 0 Å². The summed E-state index contributed by atoms with van der Waals surface area (Å²) < 4.78 is 14.0. The highest BCUT2D eigenvalue weighted by atomic mass is 19.1. The van der Waals surface area contributed by atoms with E-state index in [1.165, 1.54) is 6.07 Å². The highest BCUT2D eigenvalue weighted by molar-refractivity contribution is 5.78. The third kappa shape index (κ3) is 2.61. The molecule has 0 aliphatic carbocycles. The molecule has 1 aromatic rings. The minimum absolute atomic E-state index is 0.165. The van der Waals surface area contributed by atoms with E-state index in [1.54, 1.807) is 6.07 Å². The lowest BCUT2D eigenvalue weighted by molar-refractivity contribution is -0.121. The van der Waals surface area contributed by atoms with Crippen LogP contribution in [0.1, 0.15) is 12.0 Å². The largest absolute Gasteiger partial charge is 0.369 e. The number of halogens is 1. The normalized spacial score (nSPS) is 19.2. The lowest BCUT2D eigenvalue weighted by Gasteiger charge is -2.19.